The largest absolute Gasteiger partial charge is 0.487 e. The van der Waals surface area contributed by atoms with Gasteiger partial charge < -0.3 is 25.0 Å². The number of amides is 3. The Morgan fingerprint density at radius 3 is 2.45 bits per heavy atom. The maximum absolute atomic E-state index is 13.1. The fraction of sp³-hybridized carbons (Fsp3) is 0.146. The zero-order valence-electron chi connectivity index (χ0n) is 29.8. The molecule has 278 valence electrons. The number of para-hydroxylation sites is 1. The molecule has 0 saturated carbocycles. The molecule has 0 aliphatic heterocycles. The van der Waals surface area contributed by atoms with E-state index < -0.39 is 11.8 Å². The van der Waals surface area contributed by atoms with Gasteiger partial charge in [0, 0.05) is 65.6 Å². The first-order valence-electron chi connectivity index (χ1n) is 17.0. The number of hydrogen-bond acceptors (Lipinski definition) is 9. The van der Waals surface area contributed by atoms with Gasteiger partial charge in [-0.2, -0.15) is 0 Å². The molecule has 0 unspecified atom stereocenters. The van der Waals surface area contributed by atoms with Gasteiger partial charge in [0.05, 0.1) is 29.4 Å². The number of benzene rings is 2. The molecule has 4 aromatic heterocycles. The van der Waals surface area contributed by atoms with Crippen LogP contribution in [0.5, 0.6) is 11.5 Å². The summed E-state index contributed by atoms with van der Waals surface area (Å²) in [4.78, 5) is 56.5. The number of halogens is 2. The highest BCUT2D eigenvalue weighted by Crippen LogP contribution is 2.36. The number of carbonyl (C=O) groups is 3. The predicted octanol–water partition coefficient (Wildman–Crippen LogP) is 7.17. The number of likely N-dealkylation sites (N-methyl/N-ethyl adjacent to an activating group) is 1. The third-order valence-electron chi connectivity index (χ3n) is 8.28. The van der Waals surface area contributed by atoms with Gasteiger partial charge in [-0.15, -0.1) is 0 Å². The highest BCUT2D eigenvalue weighted by molar-refractivity contribution is 6.38. The highest BCUT2D eigenvalue weighted by Gasteiger charge is 2.20. The molecule has 14 heteroatoms. The molecule has 2 N–H and O–H groups in total. The van der Waals surface area contributed by atoms with Crippen molar-refractivity contribution in [3.63, 3.8) is 0 Å². The van der Waals surface area contributed by atoms with Crippen LogP contribution in [0, 0.1) is 6.92 Å². The van der Waals surface area contributed by atoms with Gasteiger partial charge in [-0.3, -0.25) is 24.4 Å². The van der Waals surface area contributed by atoms with E-state index in [1.165, 1.54) is 17.2 Å². The van der Waals surface area contributed by atoms with Crippen LogP contribution >= 0.6 is 23.2 Å². The van der Waals surface area contributed by atoms with E-state index in [2.05, 4.69) is 25.6 Å². The number of hydrogen-bond donors (Lipinski definition) is 2. The van der Waals surface area contributed by atoms with E-state index in [1.807, 2.05) is 43.3 Å². The van der Waals surface area contributed by atoms with E-state index in [1.54, 1.807) is 74.2 Å². The number of carbonyl (C=O) groups excluding carboxylic acids is 3. The zero-order chi connectivity index (χ0) is 38.7. The molecule has 0 aliphatic rings. The van der Waals surface area contributed by atoms with Gasteiger partial charge in [0.1, 0.15) is 36.0 Å². The van der Waals surface area contributed by atoms with Crippen molar-refractivity contribution >= 4 is 69.4 Å². The van der Waals surface area contributed by atoms with Crippen LogP contribution in [0.15, 0.2) is 110 Å². The number of aryl methyl sites for hydroxylation is 1. The number of anilines is 2. The Morgan fingerprint density at radius 1 is 0.873 bits per heavy atom. The van der Waals surface area contributed by atoms with Crippen molar-refractivity contribution in [2.45, 2.75) is 26.6 Å². The third-order valence-corrected chi connectivity index (χ3v) is 9.05. The van der Waals surface area contributed by atoms with E-state index in [0.717, 1.165) is 22.3 Å². The van der Waals surface area contributed by atoms with Crippen LogP contribution in [0.3, 0.4) is 0 Å². The summed E-state index contributed by atoms with van der Waals surface area (Å²) in [7, 11) is 1.55. The molecule has 0 atom stereocenters. The number of ether oxygens (including phenoxy) is 2. The maximum Gasteiger partial charge on any atom is 0.246 e. The number of aromatic nitrogens is 4. The van der Waals surface area contributed by atoms with E-state index in [0.29, 0.717) is 51.3 Å². The summed E-state index contributed by atoms with van der Waals surface area (Å²) in [5.41, 5.74) is 4.45. The monoisotopic (exact) mass is 775 g/mol. The minimum absolute atomic E-state index is 0.0122. The van der Waals surface area contributed by atoms with Crippen LogP contribution in [0.25, 0.3) is 17.0 Å². The molecule has 55 heavy (non-hydrogen) atoms. The van der Waals surface area contributed by atoms with Crippen molar-refractivity contribution in [3.8, 4) is 11.5 Å². The number of nitrogens with one attached hydrogen (secondary N) is 2. The quantitative estimate of drug-likeness (QED) is 0.110. The lowest BCUT2D eigenvalue weighted by atomic mass is 10.1. The topological polar surface area (TPSA) is 149 Å². The average molecular weight is 777 g/mol. The van der Waals surface area contributed by atoms with Gasteiger partial charge in [0.15, 0.2) is 0 Å². The SMILES string of the molecule is Cc1cc(OCc2ccccn2)c2cccc(OCc3c(Cl)ccc(N(C)C(=O)CNC(=O)C=Cc4ccc(NC(=O)Cc5ccncc5)nc4)c3Cl)c2n1. The first-order chi connectivity index (χ1) is 26.6. The Hall–Kier alpha value is -6.37. The van der Waals surface area contributed by atoms with Crippen LogP contribution < -0.4 is 25.0 Å². The second kappa shape index (κ2) is 18.1. The summed E-state index contributed by atoms with van der Waals surface area (Å²) < 4.78 is 12.4. The summed E-state index contributed by atoms with van der Waals surface area (Å²) in [6.45, 7) is 1.86. The van der Waals surface area contributed by atoms with Gasteiger partial charge in [0.25, 0.3) is 0 Å². The molecule has 2 aromatic carbocycles. The Morgan fingerprint density at radius 2 is 1.69 bits per heavy atom. The van der Waals surface area contributed by atoms with Crippen LogP contribution in [0.2, 0.25) is 10.0 Å². The van der Waals surface area contributed by atoms with Crippen LogP contribution in [0.4, 0.5) is 11.5 Å². The Labute approximate surface area is 327 Å². The minimum Gasteiger partial charge on any atom is -0.487 e. The van der Waals surface area contributed by atoms with Gasteiger partial charge >= 0.3 is 0 Å². The third kappa shape index (κ3) is 10.2. The molecule has 0 spiro atoms. The summed E-state index contributed by atoms with van der Waals surface area (Å²) in [5, 5.41) is 6.66. The maximum atomic E-state index is 13.1. The Bertz CT molecular complexity index is 2340. The summed E-state index contributed by atoms with van der Waals surface area (Å²) in [6.07, 6.45) is 9.51. The van der Waals surface area contributed by atoms with E-state index in [4.69, 9.17) is 37.7 Å². The molecular formula is C41H35Cl2N7O5. The lowest BCUT2D eigenvalue weighted by molar-refractivity contribution is -0.122. The molecule has 0 radical (unpaired) electrons. The lowest BCUT2D eigenvalue weighted by Gasteiger charge is -2.21. The zero-order valence-corrected chi connectivity index (χ0v) is 31.3. The Kier molecular flexibility index (Phi) is 12.6. The first kappa shape index (κ1) is 38.4. The van der Waals surface area contributed by atoms with Crippen LogP contribution in [-0.4, -0.2) is 51.2 Å². The summed E-state index contributed by atoms with van der Waals surface area (Å²) in [5.74, 6) is 0.396. The highest BCUT2D eigenvalue weighted by atomic mass is 35.5. The Balaban J connectivity index is 1.04. The van der Waals surface area contributed by atoms with Crippen molar-refractivity contribution in [2.75, 3.05) is 23.8 Å². The summed E-state index contributed by atoms with van der Waals surface area (Å²) in [6, 6.07) is 23.2. The fourth-order valence-electron chi connectivity index (χ4n) is 5.41. The van der Waals surface area contributed by atoms with Crippen molar-refractivity contribution in [2.24, 2.45) is 0 Å². The number of fused-ring (bicyclic) bond motifs is 1. The fourth-order valence-corrected chi connectivity index (χ4v) is 6.01. The standard InChI is InChI=1S/C41H35Cl2N7O5/c1-26-20-35(54-24-29-6-3-4-17-45-29)30-7-5-8-34(41(30)48-26)55-25-31-32(42)11-12-33(40(31)43)50(2)39(53)23-47-37(51)14-10-28-9-13-36(46-22-28)49-38(52)21-27-15-18-44-19-16-27/h3-20,22H,21,23-25H2,1-2H3,(H,47,51)(H,46,49,52). The molecule has 12 nitrogen and oxygen atoms in total. The molecule has 6 rings (SSSR count). The van der Waals surface area contributed by atoms with E-state index in [9.17, 15) is 14.4 Å². The molecule has 0 saturated heterocycles. The average Bonchev–Trinajstić information content (AvgIpc) is 3.19. The van der Waals surface area contributed by atoms with E-state index >= 15 is 0 Å². The van der Waals surface area contributed by atoms with Crippen molar-refractivity contribution in [1.29, 1.82) is 0 Å². The molecule has 6 aromatic rings. The number of pyridine rings is 4. The van der Waals surface area contributed by atoms with Crippen LogP contribution in [0.1, 0.15) is 28.1 Å². The minimum atomic E-state index is -0.489. The van der Waals surface area contributed by atoms with Gasteiger partial charge in [0.2, 0.25) is 17.7 Å². The van der Waals surface area contributed by atoms with Crippen molar-refractivity contribution < 1.29 is 23.9 Å². The lowest BCUT2D eigenvalue weighted by Crippen LogP contribution is -2.37. The molecule has 0 fully saturated rings. The van der Waals surface area contributed by atoms with Gasteiger partial charge in [-0.1, -0.05) is 35.3 Å². The molecule has 0 aliphatic carbocycles. The molecule has 0 bridgehead atoms. The summed E-state index contributed by atoms with van der Waals surface area (Å²) >= 11 is 13.4. The second-order valence-electron chi connectivity index (χ2n) is 12.2. The molecule has 4 heterocycles. The first-order valence-corrected chi connectivity index (χ1v) is 17.8. The van der Waals surface area contributed by atoms with Crippen molar-refractivity contribution in [1.82, 2.24) is 25.3 Å². The van der Waals surface area contributed by atoms with Crippen LogP contribution in [-0.2, 0) is 34.0 Å². The molecular weight excluding hydrogens is 741 g/mol. The second-order valence-corrected chi connectivity index (χ2v) is 13.0. The van der Waals surface area contributed by atoms with Crippen molar-refractivity contribution in [3.05, 3.63) is 148 Å². The predicted molar refractivity (Wildman–Crippen MR) is 212 cm³/mol. The normalized spacial score (nSPS) is 11.0. The number of nitrogens with zero attached hydrogens (tertiary/aromatic N) is 5. The van der Waals surface area contributed by atoms with Gasteiger partial charge in [-0.05, 0) is 84.8 Å². The molecule has 3 amide bonds. The smallest absolute Gasteiger partial charge is 0.246 e. The number of rotatable bonds is 14. The van der Waals surface area contributed by atoms with Gasteiger partial charge in [-0.25, -0.2) is 9.97 Å². The van der Waals surface area contributed by atoms with E-state index in [-0.39, 0.29) is 30.5 Å².